The van der Waals surface area contributed by atoms with Crippen molar-refractivity contribution < 1.29 is 24.2 Å². The van der Waals surface area contributed by atoms with E-state index in [1.54, 1.807) is 37.0 Å². The van der Waals surface area contributed by atoms with Crippen molar-refractivity contribution in [1.82, 2.24) is 24.4 Å². The third kappa shape index (κ3) is 9.87. The van der Waals surface area contributed by atoms with Crippen molar-refractivity contribution >= 4 is 90.2 Å². The summed E-state index contributed by atoms with van der Waals surface area (Å²) < 4.78 is 13.8. The molecule has 14 heteroatoms. The molecule has 0 fully saturated rings. The van der Waals surface area contributed by atoms with Gasteiger partial charge in [0.05, 0.1) is 46.4 Å². The zero-order chi connectivity index (χ0) is 38.0. The molecule has 1 atom stereocenters. The highest BCUT2D eigenvalue weighted by Gasteiger charge is 2.27. The fraction of sp³-hybridized carbons (Fsp3) is 0.395. The molecule has 10 nitrogen and oxygen atoms in total. The monoisotopic (exact) mass is 875 g/mol. The lowest BCUT2D eigenvalue weighted by Gasteiger charge is -2.29. The summed E-state index contributed by atoms with van der Waals surface area (Å²) in [5.74, 6) is -0.270. The SMILES string of the molecule is CC(C)(C)O.CCOC(=O)Cc1c(C)cc2nc(-c3ccc4c(n3)c(C3=CCN(C(=O)OC(C)(C)C)CC3)nn4PI)sc2c1-c1ccc(Cl)cc1. The van der Waals surface area contributed by atoms with E-state index < -0.39 is 11.2 Å². The summed E-state index contributed by atoms with van der Waals surface area (Å²) >= 11 is 10.1. The lowest BCUT2D eigenvalue weighted by atomic mass is 9.93. The van der Waals surface area contributed by atoms with Crippen LogP contribution in [-0.2, 0) is 20.7 Å². The molecule has 4 heterocycles. The van der Waals surface area contributed by atoms with Gasteiger partial charge in [0.1, 0.15) is 21.8 Å². The van der Waals surface area contributed by atoms with Crippen LogP contribution >= 0.6 is 51.4 Å². The number of carbonyl (C=O) groups is 2. The van der Waals surface area contributed by atoms with Gasteiger partial charge in [-0.3, -0.25) is 4.79 Å². The number of amides is 1. The van der Waals surface area contributed by atoms with Gasteiger partial charge in [-0.25, -0.2) is 19.2 Å². The maximum atomic E-state index is 12.7. The van der Waals surface area contributed by atoms with Crippen molar-refractivity contribution in [1.29, 1.82) is 0 Å². The highest BCUT2D eigenvalue weighted by Crippen LogP contribution is 2.42. The predicted octanol–water partition coefficient (Wildman–Crippen LogP) is 10.0. The Morgan fingerprint density at radius 2 is 1.77 bits per heavy atom. The van der Waals surface area contributed by atoms with Crippen LogP contribution in [0.4, 0.5) is 4.79 Å². The van der Waals surface area contributed by atoms with Crippen LogP contribution in [0.5, 0.6) is 0 Å². The minimum Gasteiger partial charge on any atom is -0.466 e. The fourth-order valence-corrected chi connectivity index (χ4v) is 8.37. The molecule has 1 aliphatic heterocycles. The predicted molar refractivity (Wildman–Crippen MR) is 222 cm³/mol. The van der Waals surface area contributed by atoms with Crippen LogP contribution in [0.15, 0.2) is 48.5 Å². The van der Waals surface area contributed by atoms with Gasteiger partial charge in [0.25, 0.3) is 0 Å². The van der Waals surface area contributed by atoms with Crippen LogP contribution in [0.1, 0.15) is 71.7 Å². The Kier molecular flexibility index (Phi) is 12.7. The molecule has 6 rings (SSSR count). The van der Waals surface area contributed by atoms with E-state index in [2.05, 4.69) is 28.1 Å². The number of ether oxygens (including phenoxy) is 2. The van der Waals surface area contributed by atoms with Crippen molar-refractivity contribution in [3.8, 4) is 21.8 Å². The number of hydrogen-bond donors (Lipinski definition) is 1. The van der Waals surface area contributed by atoms with Gasteiger partial charge in [-0.15, -0.1) is 11.3 Å². The average Bonchev–Trinajstić information content (AvgIpc) is 3.65. The highest BCUT2D eigenvalue weighted by molar-refractivity contribution is 14.2. The van der Waals surface area contributed by atoms with Crippen LogP contribution in [0.25, 0.3) is 48.7 Å². The summed E-state index contributed by atoms with van der Waals surface area (Å²) in [6.07, 6.45) is 2.94. The topological polar surface area (TPSA) is 120 Å². The smallest absolute Gasteiger partial charge is 0.410 e. The van der Waals surface area contributed by atoms with Gasteiger partial charge in [0, 0.05) is 23.7 Å². The molecule has 3 aromatic heterocycles. The highest BCUT2D eigenvalue weighted by atomic mass is 127. The number of fused-ring (bicyclic) bond motifs is 2. The number of hydrogen-bond acceptors (Lipinski definition) is 9. The van der Waals surface area contributed by atoms with Crippen molar-refractivity contribution in [2.45, 2.75) is 79.4 Å². The summed E-state index contributed by atoms with van der Waals surface area (Å²) in [4.78, 5) is 37.3. The Morgan fingerprint density at radius 3 is 2.37 bits per heavy atom. The van der Waals surface area contributed by atoms with Crippen molar-refractivity contribution in [3.63, 3.8) is 0 Å². The quantitative estimate of drug-likeness (QED) is 0.0976. The molecule has 0 aliphatic carbocycles. The molecule has 276 valence electrons. The van der Waals surface area contributed by atoms with Gasteiger partial charge in [-0.05, 0) is 136 Å². The van der Waals surface area contributed by atoms with Crippen LogP contribution in [0.2, 0.25) is 5.02 Å². The number of aromatic nitrogens is 4. The molecule has 52 heavy (non-hydrogen) atoms. The van der Waals surface area contributed by atoms with Crippen LogP contribution in [-0.4, -0.2) is 72.5 Å². The Bertz CT molecular complexity index is 2130. The van der Waals surface area contributed by atoms with E-state index >= 15 is 0 Å². The molecular formula is C38H44ClIN5O5PS. The Labute approximate surface area is 328 Å². The van der Waals surface area contributed by atoms with Gasteiger partial charge < -0.3 is 19.5 Å². The number of thiazole rings is 1. The zero-order valence-electron chi connectivity index (χ0n) is 30.6. The summed E-state index contributed by atoms with van der Waals surface area (Å²) in [7, 11) is 0. The number of carbonyl (C=O) groups excluding carboxylic acids is 2. The van der Waals surface area contributed by atoms with Gasteiger partial charge in [0.15, 0.2) is 0 Å². The molecule has 5 aromatic rings. The zero-order valence-corrected chi connectivity index (χ0v) is 35.4. The number of aliphatic hydroxyl groups is 1. The van der Waals surface area contributed by atoms with Crippen molar-refractivity contribution in [2.24, 2.45) is 0 Å². The molecular weight excluding hydrogens is 832 g/mol. The average molecular weight is 876 g/mol. The Hall–Kier alpha value is -3.16. The minimum absolute atomic E-state index is 0.158. The van der Waals surface area contributed by atoms with E-state index in [9.17, 15) is 9.59 Å². The Morgan fingerprint density at radius 1 is 1.08 bits per heavy atom. The first-order valence-corrected chi connectivity index (χ1v) is 22.2. The van der Waals surface area contributed by atoms with E-state index in [4.69, 9.17) is 41.2 Å². The number of nitrogens with zero attached hydrogens (tertiary/aromatic N) is 5. The second-order valence-electron chi connectivity index (χ2n) is 14.4. The Balaban J connectivity index is 0.000000979. The number of pyridine rings is 1. The van der Waals surface area contributed by atoms with Crippen LogP contribution in [0.3, 0.4) is 0 Å². The maximum Gasteiger partial charge on any atom is 0.410 e. The summed E-state index contributed by atoms with van der Waals surface area (Å²) in [5, 5.41) is 14.9. The van der Waals surface area contributed by atoms with Crippen molar-refractivity contribution in [2.75, 3.05) is 19.7 Å². The van der Waals surface area contributed by atoms with Gasteiger partial charge >= 0.3 is 12.1 Å². The van der Waals surface area contributed by atoms with E-state index in [0.29, 0.717) is 37.5 Å². The first kappa shape index (κ1) is 40.0. The van der Waals surface area contributed by atoms with E-state index in [-0.39, 0.29) is 18.5 Å². The number of halogens is 2. The minimum atomic E-state index is -0.547. The molecule has 1 N–H and O–H groups in total. The van der Waals surface area contributed by atoms with Crippen LogP contribution < -0.4 is 0 Å². The summed E-state index contributed by atoms with van der Waals surface area (Å²) in [6, 6.07) is 13.7. The lowest BCUT2D eigenvalue weighted by molar-refractivity contribution is -0.142. The number of esters is 1. The summed E-state index contributed by atoms with van der Waals surface area (Å²) in [6.45, 7) is 16.0. The van der Waals surface area contributed by atoms with Gasteiger partial charge in [0.2, 0.25) is 0 Å². The van der Waals surface area contributed by atoms with Gasteiger partial charge in [-0.1, -0.05) is 29.8 Å². The maximum absolute atomic E-state index is 12.7. The largest absolute Gasteiger partial charge is 0.466 e. The molecule has 1 amide bonds. The molecule has 0 saturated carbocycles. The first-order chi connectivity index (χ1) is 24.5. The van der Waals surface area contributed by atoms with E-state index in [1.165, 1.54) is 0 Å². The van der Waals surface area contributed by atoms with Crippen molar-refractivity contribution in [3.05, 3.63) is 70.4 Å². The number of aryl methyl sites for hydroxylation is 1. The van der Waals surface area contributed by atoms with E-state index in [0.717, 1.165) is 65.5 Å². The molecule has 1 aliphatic rings. The first-order valence-electron chi connectivity index (χ1n) is 17.0. The second kappa shape index (κ2) is 16.5. The third-order valence-electron chi connectivity index (χ3n) is 7.76. The molecule has 2 aromatic carbocycles. The second-order valence-corrected chi connectivity index (χ2v) is 17.9. The van der Waals surface area contributed by atoms with E-state index in [1.807, 2.05) is 81.5 Å². The number of benzene rings is 2. The molecule has 1 unspecified atom stereocenters. The molecule has 0 saturated heterocycles. The molecule has 0 bridgehead atoms. The number of rotatable bonds is 7. The summed E-state index contributed by atoms with van der Waals surface area (Å²) in [5.41, 5.74) is 7.95. The molecule has 0 radical (unpaired) electrons. The standard InChI is InChI=1S/C34H34ClIN5O4PS.C4H10O/c1-6-44-27(42)18-23-19(2)17-25-31(28(23)20-7-9-22(35)10-8-20)47-32(38-25)24-11-12-26-30(37-24)29(39-41(26)46-36)21-13-15-40(16-14-21)33(43)45-34(3,4)5;1-4(2,3)5/h7-13,17,46H,6,14-16,18H2,1-5H3;5H,1-3H3. The lowest BCUT2D eigenvalue weighted by Crippen LogP contribution is -2.39. The van der Waals surface area contributed by atoms with Crippen LogP contribution in [0, 0.1) is 6.92 Å². The molecule has 0 spiro atoms. The normalized spacial score (nSPS) is 13.8. The third-order valence-corrected chi connectivity index (χ3v) is 11.0. The van der Waals surface area contributed by atoms with Gasteiger partial charge in [-0.2, -0.15) is 5.10 Å². The fourth-order valence-electron chi connectivity index (χ4n) is 5.63.